The smallest absolute Gasteiger partial charge is 0.221 e. The van der Waals surface area contributed by atoms with E-state index in [9.17, 15) is 9.18 Å². The highest BCUT2D eigenvalue weighted by molar-refractivity contribution is 9.09. The summed E-state index contributed by atoms with van der Waals surface area (Å²) in [6, 6.07) is 3.52. The van der Waals surface area contributed by atoms with E-state index in [1.807, 2.05) is 0 Å². The van der Waals surface area contributed by atoms with Gasteiger partial charge in [-0.1, -0.05) is 28.1 Å². The third-order valence-electron chi connectivity index (χ3n) is 2.31. The molecule has 4 heteroatoms. The van der Waals surface area contributed by atoms with Gasteiger partial charge in [-0.3, -0.25) is 4.79 Å². The number of rotatable bonds is 4. The Morgan fingerprint density at radius 2 is 1.94 bits per heavy atom. The number of carbonyl (C=O) groups is 1. The van der Waals surface area contributed by atoms with Crippen LogP contribution in [0.25, 0.3) is 0 Å². The molecule has 0 aliphatic rings. The van der Waals surface area contributed by atoms with Gasteiger partial charge in [-0.25, -0.2) is 4.39 Å². The molecule has 16 heavy (non-hydrogen) atoms. The highest BCUT2D eigenvalue weighted by Crippen LogP contribution is 2.14. The molecule has 0 unspecified atom stereocenters. The lowest BCUT2D eigenvalue weighted by Gasteiger charge is -2.08. The molecule has 0 radical (unpaired) electrons. The van der Waals surface area contributed by atoms with Crippen LogP contribution in [-0.2, 0) is 11.3 Å². The molecule has 1 aromatic carbocycles. The molecule has 0 bridgehead atoms. The minimum absolute atomic E-state index is 0.00324. The summed E-state index contributed by atoms with van der Waals surface area (Å²) in [6.07, 6.45) is 0.457. The zero-order chi connectivity index (χ0) is 12.1. The second-order valence-corrected chi connectivity index (χ2v) is 4.55. The normalized spacial score (nSPS) is 10.2. The van der Waals surface area contributed by atoms with E-state index in [-0.39, 0.29) is 11.7 Å². The fourth-order valence-corrected chi connectivity index (χ4v) is 1.87. The maximum absolute atomic E-state index is 13.3. The van der Waals surface area contributed by atoms with E-state index in [0.29, 0.717) is 29.4 Å². The number of carbonyl (C=O) groups excluding carboxylic acids is 1. The highest BCUT2D eigenvalue weighted by atomic mass is 79.9. The molecule has 0 aliphatic carbocycles. The van der Waals surface area contributed by atoms with Crippen LogP contribution in [0.4, 0.5) is 4.39 Å². The number of hydrogen-bond acceptors (Lipinski definition) is 1. The monoisotopic (exact) mass is 287 g/mol. The minimum Gasteiger partial charge on any atom is -0.352 e. The van der Waals surface area contributed by atoms with Crippen molar-refractivity contribution in [2.45, 2.75) is 26.8 Å². The van der Waals surface area contributed by atoms with Crippen molar-refractivity contribution >= 4 is 21.8 Å². The number of alkyl halides is 1. The molecule has 0 atom stereocenters. The first-order valence-corrected chi connectivity index (χ1v) is 6.25. The minimum atomic E-state index is -0.171. The Morgan fingerprint density at radius 3 is 2.44 bits per heavy atom. The van der Waals surface area contributed by atoms with Gasteiger partial charge in [0.25, 0.3) is 0 Å². The topological polar surface area (TPSA) is 29.1 Å². The Labute approximate surface area is 103 Å². The van der Waals surface area contributed by atoms with Gasteiger partial charge in [-0.15, -0.1) is 0 Å². The molecule has 1 amide bonds. The van der Waals surface area contributed by atoms with Crippen LogP contribution in [0.15, 0.2) is 12.1 Å². The van der Waals surface area contributed by atoms with Crippen LogP contribution in [0.3, 0.4) is 0 Å². The summed E-state index contributed by atoms with van der Waals surface area (Å²) >= 11 is 3.20. The van der Waals surface area contributed by atoms with Gasteiger partial charge in [0.15, 0.2) is 0 Å². The van der Waals surface area contributed by atoms with Gasteiger partial charge in [0.05, 0.1) is 0 Å². The number of halogens is 2. The molecular formula is C12H15BrFNO. The van der Waals surface area contributed by atoms with Gasteiger partial charge in [0, 0.05) is 18.3 Å². The first kappa shape index (κ1) is 13.2. The second kappa shape index (κ2) is 5.99. The quantitative estimate of drug-likeness (QED) is 0.848. The van der Waals surface area contributed by atoms with Crippen molar-refractivity contribution in [3.8, 4) is 0 Å². The van der Waals surface area contributed by atoms with Gasteiger partial charge < -0.3 is 5.32 Å². The van der Waals surface area contributed by atoms with E-state index in [1.54, 1.807) is 26.0 Å². The van der Waals surface area contributed by atoms with Crippen molar-refractivity contribution < 1.29 is 9.18 Å². The highest BCUT2D eigenvalue weighted by Gasteiger charge is 2.05. The van der Waals surface area contributed by atoms with Gasteiger partial charge in [-0.05, 0) is 30.5 Å². The standard InChI is InChI=1S/C12H15BrFNO/c1-8-5-10(6-9(2)12(8)14)7-15-11(16)3-4-13/h5-6H,3-4,7H2,1-2H3,(H,15,16). The van der Waals surface area contributed by atoms with E-state index in [0.717, 1.165) is 5.56 Å². The molecular weight excluding hydrogens is 273 g/mol. The summed E-state index contributed by atoms with van der Waals surface area (Å²) in [6.45, 7) is 3.91. The third-order valence-corrected chi connectivity index (χ3v) is 2.70. The predicted molar refractivity (Wildman–Crippen MR) is 66.1 cm³/mol. The molecule has 1 aromatic rings. The van der Waals surface area contributed by atoms with E-state index in [2.05, 4.69) is 21.2 Å². The average Bonchev–Trinajstić information content (AvgIpc) is 2.23. The SMILES string of the molecule is Cc1cc(CNC(=O)CCBr)cc(C)c1F. The number of aryl methyl sites for hydroxylation is 2. The molecule has 0 aliphatic heterocycles. The Bertz CT molecular complexity index is 370. The van der Waals surface area contributed by atoms with E-state index in [1.165, 1.54) is 0 Å². The van der Waals surface area contributed by atoms with Crippen molar-refractivity contribution in [3.05, 3.63) is 34.6 Å². The first-order chi connectivity index (χ1) is 7.54. The van der Waals surface area contributed by atoms with Crippen LogP contribution in [-0.4, -0.2) is 11.2 Å². The molecule has 0 saturated heterocycles. The molecule has 2 nitrogen and oxygen atoms in total. The van der Waals surface area contributed by atoms with Crippen molar-refractivity contribution in [1.29, 1.82) is 0 Å². The van der Waals surface area contributed by atoms with Crippen molar-refractivity contribution in [2.75, 3.05) is 5.33 Å². The predicted octanol–water partition coefficient (Wildman–Crippen LogP) is 2.84. The molecule has 0 heterocycles. The Hall–Kier alpha value is -0.900. The summed E-state index contributed by atoms with van der Waals surface area (Å²) < 4.78 is 13.3. The zero-order valence-corrected chi connectivity index (χ0v) is 11.0. The van der Waals surface area contributed by atoms with Crippen LogP contribution in [0.5, 0.6) is 0 Å². The maximum Gasteiger partial charge on any atom is 0.221 e. The lowest BCUT2D eigenvalue weighted by atomic mass is 10.1. The van der Waals surface area contributed by atoms with Crippen molar-refractivity contribution in [2.24, 2.45) is 0 Å². The summed E-state index contributed by atoms with van der Waals surface area (Å²) in [5.74, 6) is -0.174. The maximum atomic E-state index is 13.3. The summed E-state index contributed by atoms with van der Waals surface area (Å²) in [7, 11) is 0. The van der Waals surface area contributed by atoms with Crippen LogP contribution >= 0.6 is 15.9 Å². The van der Waals surface area contributed by atoms with Crippen LogP contribution in [0, 0.1) is 19.7 Å². The number of nitrogens with one attached hydrogen (secondary N) is 1. The summed E-state index contributed by atoms with van der Waals surface area (Å²) in [5, 5.41) is 3.44. The molecule has 0 fully saturated rings. The first-order valence-electron chi connectivity index (χ1n) is 5.13. The number of benzene rings is 1. The lowest BCUT2D eigenvalue weighted by Crippen LogP contribution is -2.22. The van der Waals surface area contributed by atoms with Crippen LogP contribution in [0.1, 0.15) is 23.1 Å². The van der Waals surface area contributed by atoms with Crippen molar-refractivity contribution in [1.82, 2.24) is 5.32 Å². The average molecular weight is 288 g/mol. The van der Waals surface area contributed by atoms with E-state index in [4.69, 9.17) is 0 Å². The Balaban J connectivity index is 2.65. The Kier molecular flexibility index (Phi) is 4.93. The molecule has 0 aromatic heterocycles. The molecule has 1 N–H and O–H groups in total. The van der Waals surface area contributed by atoms with Gasteiger partial charge in [-0.2, -0.15) is 0 Å². The zero-order valence-electron chi connectivity index (χ0n) is 9.44. The van der Waals surface area contributed by atoms with Gasteiger partial charge >= 0.3 is 0 Å². The molecule has 88 valence electrons. The molecule has 0 saturated carbocycles. The van der Waals surface area contributed by atoms with Crippen LogP contribution < -0.4 is 5.32 Å². The fraction of sp³-hybridized carbons (Fsp3) is 0.417. The van der Waals surface area contributed by atoms with Crippen LogP contribution in [0.2, 0.25) is 0 Å². The van der Waals surface area contributed by atoms with Gasteiger partial charge in [0.1, 0.15) is 5.82 Å². The third kappa shape index (κ3) is 3.59. The molecule has 1 rings (SSSR count). The lowest BCUT2D eigenvalue weighted by molar-refractivity contribution is -0.120. The summed E-state index contributed by atoms with van der Waals surface area (Å²) in [4.78, 5) is 11.2. The second-order valence-electron chi connectivity index (χ2n) is 3.76. The molecule has 0 spiro atoms. The number of amides is 1. The van der Waals surface area contributed by atoms with E-state index < -0.39 is 0 Å². The van der Waals surface area contributed by atoms with Crippen molar-refractivity contribution in [3.63, 3.8) is 0 Å². The van der Waals surface area contributed by atoms with Gasteiger partial charge in [0.2, 0.25) is 5.91 Å². The summed E-state index contributed by atoms with van der Waals surface area (Å²) in [5.41, 5.74) is 2.16. The number of hydrogen-bond donors (Lipinski definition) is 1. The fourth-order valence-electron chi connectivity index (χ4n) is 1.51. The van der Waals surface area contributed by atoms with E-state index >= 15 is 0 Å². The largest absolute Gasteiger partial charge is 0.352 e. The Morgan fingerprint density at radius 1 is 1.38 bits per heavy atom.